The van der Waals surface area contributed by atoms with E-state index in [-0.39, 0.29) is 24.2 Å². The normalized spacial score (nSPS) is 41.7. The number of carbonyl (C=O) groups excluding carboxylic acids is 1. The quantitative estimate of drug-likeness (QED) is 0.483. The van der Waals surface area contributed by atoms with E-state index in [0.717, 1.165) is 24.9 Å². The third-order valence-corrected chi connectivity index (χ3v) is 8.02. The molecule has 8 nitrogen and oxygen atoms in total. The minimum atomic E-state index is -0.779. The maximum Gasteiger partial charge on any atom is 0.319 e. The molecule has 4 heterocycles. The molecule has 1 saturated carbocycles. The molecule has 1 aliphatic carbocycles. The van der Waals surface area contributed by atoms with E-state index in [0.29, 0.717) is 31.4 Å². The van der Waals surface area contributed by atoms with Crippen molar-refractivity contribution in [3.63, 3.8) is 0 Å². The Labute approximate surface area is 195 Å². The Bertz CT molecular complexity index is 839. The maximum absolute atomic E-state index is 12.0. The standard InChI is InChI=1S/C25H36N2O6/c1-16-10-11-20-17(2)21(29-15-7-14-26-23(28)27-18-8-5-4-6-9-18)30-22-25(20)19(16)12-13-24(3,31-22)32-33-25/h4-6,8-9,16-17,19-22H,7,10-15H2,1-3H3,(H2,26,27,28)/t16-,17-,19+,20+,21+,22-,24+,25-/m1/s1. The van der Waals surface area contributed by atoms with Crippen molar-refractivity contribution in [1.29, 1.82) is 0 Å². The van der Waals surface area contributed by atoms with Crippen LogP contribution in [0.25, 0.3) is 0 Å². The van der Waals surface area contributed by atoms with Gasteiger partial charge in [0.2, 0.25) is 5.79 Å². The fraction of sp³-hybridized carbons (Fsp3) is 0.720. The highest BCUT2D eigenvalue weighted by molar-refractivity contribution is 5.89. The molecule has 4 saturated heterocycles. The lowest BCUT2D eigenvalue weighted by molar-refractivity contribution is -0.577. The number of fused-ring (bicyclic) bond motifs is 2. The van der Waals surface area contributed by atoms with Gasteiger partial charge in [-0.25, -0.2) is 14.6 Å². The number of amides is 2. The van der Waals surface area contributed by atoms with Gasteiger partial charge < -0.3 is 24.8 Å². The van der Waals surface area contributed by atoms with Gasteiger partial charge in [0.05, 0.1) is 6.61 Å². The number of hydrogen-bond donors (Lipinski definition) is 2. The molecule has 33 heavy (non-hydrogen) atoms. The van der Waals surface area contributed by atoms with E-state index in [1.807, 2.05) is 37.3 Å². The summed E-state index contributed by atoms with van der Waals surface area (Å²) in [5.74, 6) is 0.512. The second kappa shape index (κ2) is 9.15. The summed E-state index contributed by atoms with van der Waals surface area (Å²) in [6, 6.07) is 9.16. The lowest BCUT2D eigenvalue weighted by Crippen LogP contribution is -2.70. The van der Waals surface area contributed by atoms with Crippen molar-refractivity contribution >= 4 is 11.7 Å². The molecule has 4 aliphatic heterocycles. The molecule has 2 N–H and O–H groups in total. The van der Waals surface area contributed by atoms with Crippen molar-refractivity contribution in [2.75, 3.05) is 18.5 Å². The van der Waals surface area contributed by atoms with Crippen molar-refractivity contribution in [2.45, 2.75) is 76.8 Å². The molecule has 1 aromatic rings. The number of carbonyl (C=O) groups is 1. The van der Waals surface area contributed by atoms with Crippen LogP contribution >= 0.6 is 0 Å². The summed E-state index contributed by atoms with van der Waals surface area (Å²) < 4.78 is 18.9. The number of hydrogen-bond acceptors (Lipinski definition) is 6. The second-order valence-electron chi connectivity index (χ2n) is 10.2. The molecule has 0 unspecified atom stereocenters. The van der Waals surface area contributed by atoms with E-state index in [1.165, 1.54) is 6.42 Å². The largest absolute Gasteiger partial charge is 0.352 e. The van der Waals surface area contributed by atoms with Gasteiger partial charge in [-0.15, -0.1) is 0 Å². The van der Waals surface area contributed by atoms with Crippen molar-refractivity contribution in [3.05, 3.63) is 30.3 Å². The SMILES string of the molecule is C[C@H]1[C@@H](OCCCNC(=O)Nc2ccccc2)O[C@@H]2O[C@]3(C)CC[C@H]4[C@H](C)CC[C@@H]1[C@@]24OO3. The van der Waals surface area contributed by atoms with Crippen LogP contribution in [0.2, 0.25) is 0 Å². The first-order valence-electron chi connectivity index (χ1n) is 12.3. The average Bonchev–Trinajstić information content (AvgIpc) is 3.03. The zero-order valence-electron chi connectivity index (χ0n) is 19.8. The predicted octanol–water partition coefficient (Wildman–Crippen LogP) is 4.42. The van der Waals surface area contributed by atoms with Crippen LogP contribution in [0, 0.1) is 23.7 Å². The summed E-state index contributed by atoms with van der Waals surface area (Å²) in [7, 11) is 0. The van der Waals surface area contributed by atoms with Crippen molar-refractivity contribution in [1.82, 2.24) is 5.32 Å². The Balaban J connectivity index is 1.16. The van der Waals surface area contributed by atoms with Crippen molar-refractivity contribution in [3.8, 4) is 0 Å². The Morgan fingerprint density at radius 3 is 2.76 bits per heavy atom. The van der Waals surface area contributed by atoms with Crippen LogP contribution in [0.4, 0.5) is 10.5 Å². The zero-order chi connectivity index (χ0) is 23.1. The monoisotopic (exact) mass is 460 g/mol. The topological polar surface area (TPSA) is 87.3 Å². The van der Waals surface area contributed by atoms with E-state index in [9.17, 15) is 4.79 Å². The van der Waals surface area contributed by atoms with Crippen LogP contribution < -0.4 is 10.6 Å². The number of rotatable bonds is 6. The van der Waals surface area contributed by atoms with Gasteiger partial charge in [0, 0.05) is 30.5 Å². The Morgan fingerprint density at radius 1 is 1.12 bits per heavy atom. The summed E-state index contributed by atoms with van der Waals surface area (Å²) in [6.07, 6.45) is 3.85. The molecule has 182 valence electrons. The summed E-state index contributed by atoms with van der Waals surface area (Å²) in [6.45, 7) is 7.43. The molecule has 5 fully saturated rings. The van der Waals surface area contributed by atoms with Crippen molar-refractivity contribution in [2.24, 2.45) is 23.7 Å². The molecule has 1 aromatic carbocycles. The molecular formula is C25H36N2O6. The van der Waals surface area contributed by atoms with E-state index < -0.39 is 17.7 Å². The fourth-order valence-electron chi connectivity index (χ4n) is 6.23. The van der Waals surface area contributed by atoms with Gasteiger partial charge in [-0.05, 0) is 56.6 Å². The maximum atomic E-state index is 12.0. The smallest absolute Gasteiger partial charge is 0.319 e. The lowest BCUT2D eigenvalue weighted by Gasteiger charge is -2.60. The van der Waals surface area contributed by atoms with Gasteiger partial charge in [-0.3, -0.25) is 0 Å². The first-order valence-corrected chi connectivity index (χ1v) is 12.3. The van der Waals surface area contributed by atoms with Gasteiger partial charge >= 0.3 is 6.03 Å². The van der Waals surface area contributed by atoms with E-state index in [1.54, 1.807) is 0 Å². The minimum Gasteiger partial charge on any atom is -0.352 e. The van der Waals surface area contributed by atoms with Crippen LogP contribution in [-0.2, 0) is 24.0 Å². The summed E-state index contributed by atoms with van der Waals surface area (Å²) >= 11 is 0. The van der Waals surface area contributed by atoms with Crippen LogP contribution in [0.1, 0.15) is 52.9 Å². The molecule has 1 spiro atoms. The molecule has 8 atom stereocenters. The van der Waals surface area contributed by atoms with Gasteiger partial charge in [-0.2, -0.15) is 0 Å². The molecular weight excluding hydrogens is 424 g/mol. The highest BCUT2D eigenvalue weighted by Crippen LogP contribution is 2.60. The summed E-state index contributed by atoms with van der Waals surface area (Å²) in [5, 5.41) is 5.68. The fourth-order valence-corrected chi connectivity index (χ4v) is 6.23. The van der Waals surface area contributed by atoms with Crippen LogP contribution in [0.5, 0.6) is 0 Å². The first-order chi connectivity index (χ1) is 15.9. The molecule has 2 amide bonds. The lowest BCUT2D eigenvalue weighted by atomic mass is 9.58. The third-order valence-electron chi connectivity index (χ3n) is 8.02. The highest BCUT2D eigenvalue weighted by atomic mass is 17.3. The average molecular weight is 461 g/mol. The molecule has 6 rings (SSSR count). The third kappa shape index (κ3) is 4.28. The number of nitrogens with one attached hydrogen (secondary N) is 2. The van der Waals surface area contributed by atoms with Crippen LogP contribution in [-0.4, -0.2) is 43.2 Å². The minimum absolute atomic E-state index is 0.153. The van der Waals surface area contributed by atoms with E-state index in [2.05, 4.69) is 24.5 Å². The Morgan fingerprint density at radius 2 is 1.94 bits per heavy atom. The van der Waals surface area contributed by atoms with Gasteiger partial charge in [-0.1, -0.05) is 32.0 Å². The Kier molecular flexibility index (Phi) is 6.39. The first kappa shape index (κ1) is 23.1. The molecule has 0 aromatic heterocycles. The number of para-hydroxylation sites is 1. The Hall–Kier alpha value is -1.71. The van der Waals surface area contributed by atoms with E-state index >= 15 is 0 Å². The highest BCUT2D eigenvalue weighted by Gasteiger charge is 2.69. The molecule has 8 heteroatoms. The molecule has 2 bridgehead atoms. The molecule has 0 radical (unpaired) electrons. The van der Waals surface area contributed by atoms with E-state index in [4.69, 9.17) is 24.0 Å². The second-order valence-corrected chi connectivity index (χ2v) is 10.2. The van der Waals surface area contributed by atoms with Crippen molar-refractivity contribution < 1.29 is 28.8 Å². The van der Waals surface area contributed by atoms with Gasteiger partial charge in [0.25, 0.3) is 0 Å². The zero-order valence-corrected chi connectivity index (χ0v) is 19.8. The van der Waals surface area contributed by atoms with Crippen LogP contribution in [0.15, 0.2) is 30.3 Å². The van der Waals surface area contributed by atoms with Gasteiger partial charge in [0.15, 0.2) is 18.2 Å². The number of benzene rings is 1. The predicted molar refractivity (Wildman–Crippen MR) is 121 cm³/mol. The summed E-state index contributed by atoms with van der Waals surface area (Å²) in [5.41, 5.74) is 0.201. The number of anilines is 1. The number of urea groups is 1. The summed E-state index contributed by atoms with van der Waals surface area (Å²) in [4.78, 5) is 24.1. The molecule has 5 aliphatic rings. The van der Waals surface area contributed by atoms with Gasteiger partial charge in [0.1, 0.15) is 0 Å². The number of ether oxygens (including phenoxy) is 3. The van der Waals surface area contributed by atoms with Crippen LogP contribution in [0.3, 0.4) is 0 Å².